The first-order chi connectivity index (χ1) is 27.4. The van der Waals surface area contributed by atoms with Crippen LogP contribution in [0.25, 0.3) is 0 Å². The fourth-order valence-electron chi connectivity index (χ4n) is 7.51. The lowest BCUT2D eigenvalue weighted by Crippen LogP contribution is -2.30. The van der Waals surface area contributed by atoms with Crippen LogP contribution in [0.4, 0.5) is 0 Å². The Hall–Kier alpha value is -1.59. The van der Waals surface area contributed by atoms with E-state index in [4.69, 9.17) is 14.2 Å². The third-order valence-corrected chi connectivity index (χ3v) is 11.3. The standard InChI is InChI=1S/C50H96O6/c1-5-7-9-11-13-15-17-19-21-22-24-29-33-37-41-48(51)54-44-47(45-55-49(52)42-38-34-30-27-26-28-32-36-40-46(3)4)56-50(53)43-39-35-31-25-23-20-18-16-14-12-10-8-6-2/h46-47H,5-45H2,1-4H3/t47-/m0/s1. The summed E-state index contributed by atoms with van der Waals surface area (Å²) in [6, 6.07) is 0. The predicted octanol–water partition coefficient (Wildman–Crippen LogP) is 15.9. The summed E-state index contributed by atoms with van der Waals surface area (Å²) in [6.45, 7) is 8.98. The number of esters is 3. The van der Waals surface area contributed by atoms with Crippen LogP contribution in [-0.4, -0.2) is 37.2 Å². The Morgan fingerprint density at radius 3 is 0.875 bits per heavy atom. The van der Waals surface area contributed by atoms with E-state index < -0.39 is 6.10 Å². The Morgan fingerprint density at radius 1 is 0.339 bits per heavy atom. The number of hydrogen-bond donors (Lipinski definition) is 0. The molecular weight excluding hydrogens is 697 g/mol. The van der Waals surface area contributed by atoms with Crippen LogP contribution in [0, 0.1) is 5.92 Å². The fourth-order valence-corrected chi connectivity index (χ4v) is 7.51. The summed E-state index contributed by atoms with van der Waals surface area (Å²) in [4.78, 5) is 37.8. The highest BCUT2D eigenvalue weighted by molar-refractivity contribution is 5.71. The van der Waals surface area contributed by atoms with Crippen molar-refractivity contribution in [3.8, 4) is 0 Å². The average Bonchev–Trinajstić information content (AvgIpc) is 3.18. The molecule has 0 amide bonds. The molecule has 0 aliphatic rings. The highest BCUT2D eigenvalue weighted by Crippen LogP contribution is 2.17. The van der Waals surface area contributed by atoms with Crippen LogP contribution in [0.15, 0.2) is 0 Å². The number of ether oxygens (including phenoxy) is 3. The molecule has 0 unspecified atom stereocenters. The first kappa shape index (κ1) is 54.4. The molecule has 0 saturated carbocycles. The molecule has 0 fully saturated rings. The molecule has 0 aromatic rings. The average molecular weight is 793 g/mol. The first-order valence-corrected chi connectivity index (χ1v) is 24.9. The van der Waals surface area contributed by atoms with E-state index >= 15 is 0 Å². The largest absolute Gasteiger partial charge is 0.462 e. The van der Waals surface area contributed by atoms with Gasteiger partial charge in [0.25, 0.3) is 0 Å². The quantitative estimate of drug-likeness (QED) is 0.0347. The topological polar surface area (TPSA) is 78.9 Å². The Balaban J connectivity index is 4.31. The molecule has 6 nitrogen and oxygen atoms in total. The zero-order valence-corrected chi connectivity index (χ0v) is 38.1. The van der Waals surface area contributed by atoms with Crippen LogP contribution in [0.5, 0.6) is 0 Å². The maximum Gasteiger partial charge on any atom is 0.306 e. The van der Waals surface area contributed by atoms with Crippen molar-refractivity contribution in [2.75, 3.05) is 13.2 Å². The highest BCUT2D eigenvalue weighted by atomic mass is 16.6. The molecular formula is C50H96O6. The van der Waals surface area contributed by atoms with Crippen LogP contribution >= 0.6 is 0 Å². The zero-order chi connectivity index (χ0) is 41.0. The van der Waals surface area contributed by atoms with Gasteiger partial charge in [0.05, 0.1) is 0 Å². The van der Waals surface area contributed by atoms with E-state index in [0.717, 1.165) is 63.7 Å². The number of unbranched alkanes of at least 4 members (excludes halogenated alkanes) is 32. The Morgan fingerprint density at radius 2 is 0.589 bits per heavy atom. The van der Waals surface area contributed by atoms with Gasteiger partial charge >= 0.3 is 17.9 Å². The SMILES string of the molecule is CCCCCCCCCCCCCCCCC(=O)OC[C@@H](COC(=O)CCCCCCCCCCC(C)C)OC(=O)CCCCCCCCCCCCCCC. The van der Waals surface area contributed by atoms with Crippen molar-refractivity contribution in [2.24, 2.45) is 5.92 Å². The molecule has 0 spiro atoms. The van der Waals surface area contributed by atoms with Crippen LogP contribution in [-0.2, 0) is 28.6 Å². The van der Waals surface area contributed by atoms with Crippen LogP contribution in [0.1, 0.15) is 278 Å². The molecule has 0 saturated heterocycles. The molecule has 0 aromatic heterocycles. The van der Waals surface area contributed by atoms with Gasteiger partial charge in [-0.05, 0) is 25.2 Å². The Bertz CT molecular complexity index is 841. The van der Waals surface area contributed by atoms with Crippen LogP contribution < -0.4 is 0 Å². The van der Waals surface area contributed by atoms with Crippen LogP contribution in [0.2, 0.25) is 0 Å². The molecule has 0 N–H and O–H groups in total. The van der Waals surface area contributed by atoms with Crippen molar-refractivity contribution in [1.82, 2.24) is 0 Å². The summed E-state index contributed by atoms with van der Waals surface area (Å²) in [5, 5.41) is 0. The van der Waals surface area contributed by atoms with Crippen molar-refractivity contribution < 1.29 is 28.6 Å². The lowest BCUT2D eigenvalue weighted by Gasteiger charge is -2.18. The molecule has 0 aliphatic carbocycles. The van der Waals surface area contributed by atoms with Gasteiger partial charge in [0.2, 0.25) is 0 Å². The van der Waals surface area contributed by atoms with E-state index in [0.29, 0.717) is 19.3 Å². The highest BCUT2D eigenvalue weighted by Gasteiger charge is 2.19. The van der Waals surface area contributed by atoms with Gasteiger partial charge in [-0.25, -0.2) is 0 Å². The van der Waals surface area contributed by atoms with E-state index in [2.05, 4.69) is 27.7 Å². The molecule has 0 rings (SSSR count). The van der Waals surface area contributed by atoms with Crippen molar-refractivity contribution in [2.45, 2.75) is 284 Å². The summed E-state index contributed by atoms with van der Waals surface area (Å²) < 4.78 is 16.8. The molecule has 0 aliphatic heterocycles. The van der Waals surface area contributed by atoms with Gasteiger partial charge in [-0.1, -0.05) is 240 Å². The second-order valence-corrected chi connectivity index (χ2v) is 17.6. The summed E-state index contributed by atoms with van der Waals surface area (Å²) in [5.41, 5.74) is 0. The summed E-state index contributed by atoms with van der Waals surface area (Å²) in [6.07, 6.45) is 45.1. The Kier molecular flexibility index (Phi) is 43.2. The van der Waals surface area contributed by atoms with Crippen molar-refractivity contribution in [3.05, 3.63) is 0 Å². The Labute approximate surface area is 348 Å². The van der Waals surface area contributed by atoms with E-state index in [1.54, 1.807) is 0 Å². The first-order valence-electron chi connectivity index (χ1n) is 24.9. The minimum Gasteiger partial charge on any atom is -0.462 e. The molecule has 0 bridgehead atoms. The van der Waals surface area contributed by atoms with Crippen molar-refractivity contribution in [3.63, 3.8) is 0 Å². The fraction of sp³-hybridized carbons (Fsp3) is 0.940. The van der Waals surface area contributed by atoms with Crippen molar-refractivity contribution >= 4 is 17.9 Å². The van der Waals surface area contributed by atoms with Gasteiger partial charge in [0.1, 0.15) is 13.2 Å². The second kappa shape index (κ2) is 44.5. The maximum atomic E-state index is 12.7. The third kappa shape index (κ3) is 43.5. The monoisotopic (exact) mass is 793 g/mol. The number of hydrogen-bond acceptors (Lipinski definition) is 6. The van der Waals surface area contributed by atoms with Crippen molar-refractivity contribution in [1.29, 1.82) is 0 Å². The van der Waals surface area contributed by atoms with Gasteiger partial charge in [0.15, 0.2) is 6.10 Å². The normalized spacial score (nSPS) is 11.9. The van der Waals surface area contributed by atoms with Gasteiger partial charge in [-0.2, -0.15) is 0 Å². The molecule has 1 atom stereocenters. The lowest BCUT2D eigenvalue weighted by molar-refractivity contribution is -0.167. The minimum atomic E-state index is -0.760. The molecule has 0 heterocycles. The smallest absolute Gasteiger partial charge is 0.306 e. The number of carbonyl (C=O) groups is 3. The van der Waals surface area contributed by atoms with Gasteiger partial charge in [-0.3, -0.25) is 14.4 Å². The minimum absolute atomic E-state index is 0.0633. The molecule has 332 valence electrons. The summed E-state index contributed by atoms with van der Waals surface area (Å²) >= 11 is 0. The number of carbonyl (C=O) groups excluding carboxylic acids is 3. The zero-order valence-electron chi connectivity index (χ0n) is 38.1. The number of rotatable bonds is 45. The van der Waals surface area contributed by atoms with Gasteiger partial charge in [0, 0.05) is 19.3 Å². The summed E-state index contributed by atoms with van der Waals surface area (Å²) in [5.74, 6) is -0.0521. The van der Waals surface area contributed by atoms with E-state index in [-0.39, 0.29) is 31.1 Å². The van der Waals surface area contributed by atoms with E-state index in [1.165, 1.54) is 173 Å². The van der Waals surface area contributed by atoms with Gasteiger partial charge < -0.3 is 14.2 Å². The molecule has 0 aromatic carbocycles. The van der Waals surface area contributed by atoms with E-state index in [1.807, 2.05) is 0 Å². The van der Waals surface area contributed by atoms with Crippen LogP contribution in [0.3, 0.4) is 0 Å². The summed E-state index contributed by atoms with van der Waals surface area (Å²) in [7, 11) is 0. The predicted molar refractivity (Wildman–Crippen MR) is 238 cm³/mol. The lowest BCUT2D eigenvalue weighted by atomic mass is 10.0. The second-order valence-electron chi connectivity index (χ2n) is 17.6. The van der Waals surface area contributed by atoms with Gasteiger partial charge in [-0.15, -0.1) is 0 Å². The molecule has 0 radical (unpaired) electrons. The third-order valence-electron chi connectivity index (χ3n) is 11.3. The van der Waals surface area contributed by atoms with E-state index in [9.17, 15) is 14.4 Å². The molecule has 6 heteroatoms. The molecule has 56 heavy (non-hydrogen) atoms. The maximum absolute atomic E-state index is 12.7.